The topological polar surface area (TPSA) is 58.6 Å². The number of rotatable bonds is 2. The number of pyridine rings is 1. The van der Waals surface area contributed by atoms with Crippen LogP contribution in [-0.4, -0.2) is 15.0 Å². The number of hydrogen-bond acceptors (Lipinski definition) is 3. The van der Waals surface area contributed by atoms with E-state index in [1.807, 2.05) is 12.1 Å². The van der Waals surface area contributed by atoms with Crippen molar-refractivity contribution in [2.24, 2.45) is 0 Å². The first-order valence-electron chi connectivity index (χ1n) is 5.45. The highest BCUT2D eigenvalue weighted by Gasteiger charge is 2.26. The average Bonchev–Trinajstić information content (AvgIpc) is 3.13. The third-order valence-electron chi connectivity index (χ3n) is 2.73. The Balaban J connectivity index is 2.07. The van der Waals surface area contributed by atoms with Crippen molar-refractivity contribution in [1.29, 1.82) is 0 Å². The predicted octanol–water partition coefficient (Wildman–Crippen LogP) is 2.47. The summed E-state index contributed by atoms with van der Waals surface area (Å²) in [7, 11) is 0. The highest BCUT2D eigenvalue weighted by molar-refractivity contribution is 9.10. The molecule has 1 aliphatic rings. The minimum Gasteiger partial charge on any atom is -0.305 e. The second-order valence-corrected chi connectivity index (χ2v) is 5.07. The predicted molar refractivity (Wildman–Crippen MR) is 67.8 cm³/mol. The van der Waals surface area contributed by atoms with E-state index in [0.717, 1.165) is 23.0 Å². The van der Waals surface area contributed by atoms with Gasteiger partial charge < -0.3 is 4.98 Å². The molecule has 5 heteroatoms. The summed E-state index contributed by atoms with van der Waals surface area (Å²) >= 11 is 3.33. The Kier molecular flexibility index (Phi) is 2.55. The second-order valence-electron chi connectivity index (χ2n) is 4.15. The van der Waals surface area contributed by atoms with E-state index in [9.17, 15) is 4.79 Å². The summed E-state index contributed by atoms with van der Waals surface area (Å²) in [6, 6.07) is 5.30. The van der Waals surface area contributed by atoms with Gasteiger partial charge in [0.05, 0.1) is 5.69 Å². The fourth-order valence-corrected chi connectivity index (χ4v) is 1.94. The van der Waals surface area contributed by atoms with E-state index in [2.05, 4.69) is 30.9 Å². The Morgan fingerprint density at radius 1 is 1.35 bits per heavy atom. The van der Waals surface area contributed by atoms with Crippen LogP contribution in [0.1, 0.15) is 24.5 Å². The van der Waals surface area contributed by atoms with E-state index < -0.39 is 0 Å². The molecule has 2 heterocycles. The number of nitrogens with zero attached hydrogens (tertiary/aromatic N) is 2. The zero-order chi connectivity index (χ0) is 11.8. The lowest BCUT2D eigenvalue weighted by Crippen LogP contribution is -2.10. The van der Waals surface area contributed by atoms with Crippen LogP contribution in [0.5, 0.6) is 0 Å². The molecule has 0 aromatic carbocycles. The molecule has 0 saturated heterocycles. The molecular formula is C12H10BrN3O. The third kappa shape index (κ3) is 2.29. The first kappa shape index (κ1) is 10.7. The van der Waals surface area contributed by atoms with Crippen molar-refractivity contribution in [2.75, 3.05) is 0 Å². The fourth-order valence-electron chi connectivity index (χ4n) is 1.70. The van der Waals surface area contributed by atoms with E-state index in [4.69, 9.17) is 0 Å². The summed E-state index contributed by atoms with van der Waals surface area (Å²) in [5.41, 5.74) is 1.46. The number of hydrogen-bond donors (Lipinski definition) is 1. The van der Waals surface area contributed by atoms with Crippen LogP contribution >= 0.6 is 15.9 Å². The Bertz CT molecular complexity index is 602. The van der Waals surface area contributed by atoms with Crippen molar-refractivity contribution in [3.63, 3.8) is 0 Å². The quantitative estimate of drug-likeness (QED) is 0.925. The summed E-state index contributed by atoms with van der Waals surface area (Å²) < 4.78 is 0.905. The van der Waals surface area contributed by atoms with Gasteiger partial charge in [0, 0.05) is 22.7 Å². The van der Waals surface area contributed by atoms with Crippen molar-refractivity contribution in [3.05, 3.63) is 44.9 Å². The van der Waals surface area contributed by atoms with Gasteiger partial charge in [-0.1, -0.05) is 0 Å². The minimum atomic E-state index is -0.110. The maximum atomic E-state index is 11.6. The van der Waals surface area contributed by atoms with Crippen LogP contribution in [0.25, 0.3) is 11.5 Å². The van der Waals surface area contributed by atoms with Crippen molar-refractivity contribution in [1.82, 2.24) is 15.0 Å². The molecule has 1 saturated carbocycles. The largest absolute Gasteiger partial charge is 0.305 e. The van der Waals surface area contributed by atoms with E-state index in [1.165, 1.54) is 0 Å². The van der Waals surface area contributed by atoms with Crippen molar-refractivity contribution in [3.8, 4) is 11.5 Å². The highest BCUT2D eigenvalue weighted by Crippen LogP contribution is 2.38. The van der Waals surface area contributed by atoms with E-state index in [1.54, 1.807) is 12.3 Å². The molecule has 2 aromatic rings. The Morgan fingerprint density at radius 3 is 2.82 bits per heavy atom. The molecule has 17 heavy (non-hydrogen) atoms. The van der Waals surface area contributed by atoms with Gasteiger partial charge in [-0.25, -0.2) is 4.98 Å². The zero-order valence-corrected chi connectivity index (χ0v) is 10.6. The Morgan fingerprint density at radius 2 is 2.18 bits per heavy atom. The van der Waals surface area contributed by atoms with Gasteiger partial charge in [0.25, 0.3) is 5.56 Å². The van der Waals surface area contributed by atoms with E-state index >= 15 is 0 Å². The maximum absolute atomic E-state index is 11.6. The second kappa shape index (κ2) is 4.07. The third-order valence-corrected chi connectivity index (χ3v) is 3.20. The molecule has 1 fully saturated rings. The summed E-state index contributed by atoms with van der Waals surface area (Å²) in [5.74, 6) is 1.01. The molecule has 1 N–H and O–H groups in total. The van der Waals surface area contributed by atoms with Gasteiger partial charge in [-0.2, -0.15) is 0 Å². The lowest BCUT2D eigenvalue weighted by molar-refractivity contribution is 0.970. The van der Waals surface area contributed by atoms with Gasteiger partial charge >= 0.3 is 0 Å². The van der Waals surface area contributed by atoms with Crippen LogP contribution in [-0.2, 0) is 0 Å². The summed E-state index contributed by atoms with van der Waals surface area (Å²) in [6.45, 7) is 0. The fraction of sp³-hybridized carbons (Fsp3) is 0.250. The molecule has 0 amide bonds. The van der Waals surface area contributed by atoms with Gasteiger partial charge in [-0.3, -0.25) is 9.78 Å². The zero-order valence-electron chi connectivity index (χ0n) is 8.98. The molecule has 86 valence electrons. The molecule has 0 spiro atoms. The van der Waals surface area contributed by atoms with Crippen molar-refractivity contribution < 1.29 is 0 Å². The van der Waals surface area contributed by atoms with E-state index in [-0.39, 0.29) is 5.56 Å². The standard InChI is InChI=1S/C12H10BrN3O/c13-8-3-4-9(14-6-8)12-15-10(7-1-2-7)5-11(17)16-12/h3-7H,1-2H2,(H,15,16,17). The number of halogens is 1. The van der Waals surface area contributed by atoms with Crippen LogP contribution in [0, 0.1) is 0 Å². The van der Waals surface area contributed by atoms with E-state index in [0.29, 0.717) is 17.4 Å². The van der Waals surface area contributed by atoms with Crippen LogP contribution in [0.15, 0.2) is 33.7 Å². The SMILES string of the molecule is O=c1cc(C2CC2)nc(-c2ccc(Br)cn2)[nH]1. The van der Waals surface area contributed by atoms with Gasteiger partial charge in [0.15, 0.2) is 5.82 Å². The lowest BCUT2D eigenvalue weighted by atomic mass is 10.2. The summed E-state index contributed by atoms with van der Waals surface area (Å²) in [5, 5.41) is 0. The molecule has 0 atom stereocenters. The van der Waals surface area contributed by atoms with Crippen molar-refractivity contribution >= 4 is 15.9 Å². The van der Waals surface area contributed by atoms with Crippen LogP contribution in [0.3, 0.4) is 0 Å². The van der Waals surface area contributed by atoms with Crippen LogP contribution in [0.2, 0.25) is 0 Å². The van der Waals surface area contributed by atoms with Gasteiger partial charge in [0.2, 0.25) is 0 Å². The average molecular weight is 292 g/mol. The summed E-state index contributed by atoms with van der Waals surface area (Å²) in [6.07, 6.45) is 3.95. The van der Waals surface area contributed by atoms with Crippen LogP contribution < -0.4 is 5.56 Å². The van der Waals surface area contributed by atoms with Gasteiger partial charge in [0.1, 0.15) is 5.69 Å². The Hall–Kier alpha value is -1.49. The van der Waals surface area contributed by atoms with Crippen LogP contribution in [0.4, 0.5) is 0 Å². The first-order valence-corrected chi connectivity index (χ1v) is 6.25. The Labute approximate surface area is 106 Å². The smallest absolute Gasteiger partial charge is 0.251 e. The van der Waals surface area contributed by atoms with Crippen molar-refractivity contribution in [2.45, 2.75) is 18.8 Å². The van der Waals surface area contributed by atoms with Gasteiger partial charge in [-0.15, -0.1) is 0 Å². The molecule has 3 rings (SSSR count). The summed E-state index contributed by atoms with van der Waals surface area (Å²) in [4.78, 5) is 23.0. The number of H-pyrrole nitrogens is 1. The monoisotopic (exact) mass is 291 g/mol. The molecule has 2 aromatic heterocycles. The molecule has 0 unspecified atom stereocenters. The lowest BCUT2D eigenvalue weighted by Gasteiger charge is -2.02. The molecule has 0 radical (unpaired) electrons. The molecular weight excluding hydrogens is 282 g/mol. The maximum Gasteiger partial charge on any atom is 0.251 e. The number of nitrogens with one attached hydrogen (secondary N) is 1. The molecule has 1 aliphatic carbocycles. The molecule has 0 bridgehead atoms. The van der Waals surface area contributed by atoms with Gasteiger partial charge in [-0.05, 0) is 40.9 Å². The highest BCUT2D eigenvalue weighted by atomic mass is 79.9. The first-order chi connectivity index (χ1) is 8.22. The normalized spacial score (nSPS) is 14.9. The number of aromatic nitrogens is 3. The number of aromatic amines is 1. The minimum absolute atomic E-state index is 0.110. The molecule has 4 nitrogen and oxygen atoms in total. The molecule has 0 aliphatic heterocycles.